The zero-order valence-electron chi connectivity index (χ0n) is 7.36. The Morgan fingerprint density at radius 1 is 1.57 bits per heavy atom. The fraction of sp³-hybridized carbons (Fsp3) is 0.222. The highest BCUT2D eigenvalue weighted by atomic mass is 16.5. The molecule has 5 nitrogen and oxygen atoms in total. The van der Waals surface area contributed by atoms with Gasteiger partial charge in [-0.1, -0.05) is 0 Å². The van der Waals surface area contributed by atoms with E-state index in [1.165, 1.54) is 6.07 Å². The molecule has 1 aliphatic heterocycles. The van der Waals surface area contributed by atoms with Gasteiger partial charge in [0.2, 0.25) is 0 Å². The molecule has 0 aromatic heterocycles. The van der Waals surface area contributed by atoms with Crippen LogP contribution in [0.25, 0.3) is 0 Å². The van der Waals surface area contributed by atoms with E-state index in [2.05, 4.69) is 0 Å². The Kier molecular flexibility index (Phi) is 1.82. The topological polar surface area (TPSA) is 98.6 Å². The molecule has 1 aromatic carbocycles. The summed E-state index contributed by atoms with van der Waals surface area (Å²) in [7, 11) is 0. The van der Waals surface area contributed by atoms with Crippen molar-refractivity contribution < 1.29 is 14.6 Å². The van der Waals surface area contributed by atoms with E-state index >= 15 is 0 Å². The number of fused-ring (bicyclic) bond motifs is 1. The van der Waals surface area contributed by atoms with Gasteiger partial charge in [-0.25, -0.2) is 0 Å². The Bertz CT molecular complexity index is 403. The summed E-state index contributed by atoms with van der Waals surface area (Å²) in [4.78, 5) is 11.0. The maximum Gasteiger partial charge on any atom is 0.256 e. The summed E-state index contributed by atoms with van der Waals surface area (Å²) >= 11 is 0. The highest BCUT2D eigenvalue weighted by Crippen LogP contribution is 2.38. The first-order chi connectivity index (χ1) is 6.61. The van der Waals surface area contributed by atoms with Gasteiger partial charge in [0.25, 0.3) is 5.91 Å². The minimum atomic E-state index is -0.714. The average Bonchev–Trinajstić information content (AvgIpc) is 2.47. The van der Waals surface area contributed by atoms with Crippen molar-refractivity contribution in [3.63, 3.8) is 0 Å². The van der Waals surface area contributed by atoms with Gasteiger partial charge in [0.05, 0.1) is 6.04 Å². The molecular formula is C9H10N2O3. The fourth-order valence-corrected chi connectivity index (χ4v) is 1.54. The van der Waals surface area contributed by atoms with E-state index in [4.69, 9.17) is 16.2 Å². The average molecular weight is 194 g/mol. The zero-order valence-corrected chi connectivity index (χ0v) is 7.36. The van der Waals surface area contributed by atoms with Gasteiger partial charge in [-0.05, 0) is 12.1 Å². The van der Waals surface area contributed by atoms with E-state index in [1.54, 1.807) is 6.07 Å². The quantitative estimate of drug-likeness (QED) is 0.580. The number of nitrogens with two attached hydrogens (primary N) is 2. The molecule has 0 saturated heterocycles. The van der Waals surface area contributed by atoms with Crippen LogP contribution in [0, 0.1) is 0 Å². The van der Waals surface area contributed by atoms with Gasteiger partial charge in [-0.15, -0.1) is 0 Å². The fourth-order valence-electron chi connectivity index (χ4n) is 1.54. The summed E-state index contributed by atoms with van der Waals surface area (Å²) in [6, 6.07) is 2.77. The third-order valence-electron chi connectivity index (χ3n) is 2.22. The Labute approximate surface area is 80.3 Å². The lowest BCUT2D eigenvalue weighted by atomic mass is 10.0. The number of aromatic hydroxyl groups is 1. The number of amides is 1. The molecule has 0 aliphatic carbocycles. The van der Waals surface area contributed by atoms with Gasteiger partial charge in [-0.3, -0.25) is 4.79 Å². The minimum absolute atomic E-state index is 0.00968. The maximum atomic E-state index is 11.0. The molecule has 0 saturated carbocycles. The first kappa shape index (κ1) is 8.83. The number of carbonyl (C=O) groups excluding carboxylic acids is 1. The van der Waals surface area contributed by atoms with Crippen LogP contribution in [0.2, 0.25) is 0 Å². The molecule has 1 atom stereocenters. The van der Waals surface area contributed by atoms with Gasteiger partial charge < -0.3 is 21.3 Å². The first-order valence-corrected chi connectivity index (χ1v) is 4.15. The third-order valence-corrected chi connectivity index (χ3v) is 2.22. The third kappa shape index (κ3) is 1.10. The van der Waals surface area contributed by atoms with Gasteiger partial charge in [0.1, 0.15) is 23.7 Å². The number of phenols is 1. The summed E-state index contributed by atoms with van der Waals surface area (Å²) in [5, 5.41) is 9.41. The second-order valence-electron chi connectivity index (χ2n) is 3.16. The minimum Gasteiger partial charge on any atom is -0.507 e. The number of hydrogen-bond donors (Lipinski definition) is 3. The number of hydrogen-bond acceptors (Lipinski definition) is 4. The molecule has 0 spiro atoms. The molecule has 1 amide bonds. The summed E-state index contributed by atoms with van der Waals surface area (Å²) in [5.41, 5.74) is 11.5. The molecule has 1 unspecified atom stereocenters. The van der Waals surface area contributed by atoms with Crippen LogP contribution in [0.5, 0.6) is 11.5 Å². The second kappa shape index (κ2) is 2.88. The summed E-state index contributed by atoms with van der Waals surface area (Å²) in [6.45, 7) is 0.305. The summed E-state index contributed by atoms with van der Waals surface area (Å²) in [6.07, 6.45) is 0. The number of benzene rings is 1. The van der Waals surface area contributed by atoms with E-state index in [-0.39, 0.29) is 17.4 Å². The van der Waals surface area contributed by atoms with Gasteiger partial charge in [0, 0.05) is 5.56 Å². The van der Waals surface area contributed by atoms with Crippen molar-refractivity contribution in [1.29, 1.82) is 0 Å². The molecule has 1 aromatic rings. The molecule has 0 radical (unpaired) electrons. The van der Waals surface area contributed by atoms with Crippen molar-refractivity contribution in [2.75, 3.05) is 6.61 Å². The molecule has 5 N–H and O–H groups in total. The van der Waals surface area contributed by atoms with E-state index in [0.717, 1.165) is 0 Å². The Morgan fingerprint density at radius 3 is 2.93 bits per heavy atom. The van der Waals surface area contributed by atoms with E-state index in [1.807, 2.05) is 0 Å². The number of carbonyl (C=O) groups is 1. The molecular weight excluding hydrogens is 184 g/mol. The Balaban J connectivity index is 2.65. The molecule has 2 rings (SSSR count). The monoisotopic (exact) mass is 194 g/mol. The smallest absolute Gasteiger partial charge is 0.256 e. The standard InChI is InChI=1S/C9H10N2O3/c10-5-3-14-8-4(5)1-2-6(12)7(8)9(11)13/h1-2,5,12H,3,10H2,(H2,11,13). The van der Waals surface area contributed by atoms with Gasteiger partial charge in [0.15, 0.2) is 0 Å². The Morgan fingerprint density at radius 2 is 2.29 bits per heavy atom. The molecule has 0 fully saturated rings. The highest BCUT2D eigenvalue weighted by Gasteiger charge is 2.27. The molecule has 1 aliphatic rings. The van der Waals surface area contributed by atoms with Crippen LogP contribution >= 0.6 is 0 Å². The predicted molar refractivity (Wildman–Crippen MR) is 49.0 cm³/mol. The van der Waals surface area contributed by atoms with Crippen molar-refractivity contribution in [2.24, 2.45) is 11.5 Å². The predicted octanol–water partition coefficient (Wildman–Crippen LogP) is -0.117. The number of rotatable bonds is 1. The van der Waals surface area contributed by atoms with Gasteiger partial charge in [-0.2, -0.15) is 0 Å². The van der Waals surface area contributed by atoms with Crippen LogP contribution in [-0.4, -0.2) is 17.6 Å². The van der Waals surface area contributed by atoms with Crippen LogP contribution in [0.4, 0.5) is 0 Å². The van der Waals surface area contributed by atoms with Crippen molar-refractivity contribution >= 4 is 5.91 Å². The maximum absolute atomic E-state index is 11.0. The van der Waals surface area contributed by atoms with Crippen LogP contribution in [0.15, 0.2) is 12.1 Å². The molecule has 5 heteroatoms. The largest absolute Gasteiger partial charge is 0.507 e. The van der Waals surface area contributed by atoms with Crippen LogP contribution < -0.4 is 16.2 Å². The lowest BCUT2D eigenvalue weighted by Gasteiger charge is -2.06. The summed E-state index contributed by atoms with van der Waals surface area (Å²) in [5.74, 6) is -0.580. The lowest BCUT2D eigenvalue weighted by Crippen LogP contribution is -2.12. The zero-order chi connectivity index (χ0) is 10.3. The van der Waals surface area contributed by atoms with E-state index in [0.29, 0.717) is 17.9 Å². The normalized spacial score (nSPS) is 18.8. The lowest BCUT2D eigenvalue weighted by molar-refractivity contribution is 0.0994. The molecule has 0 bridgehead atoms. The van der Waals surface area contributed by atoms with E-state index < -0.39 is 5.91 Å². The van der Waals surface area contributed by atoms with Gasteiger partial charge >= 0.3 is 0 Å². The van der Waals surface area contributed by atoms with Crippen molar-refractivity contribution in [1.82, 2.24) is 0 Å². The van der Waals surface area contributed by atoms with Crippen molar-refractivity contribution in [3.05, 3.63) is 23.3 Å². The SMILES string of the molecule is NC(=O)c1c(O)ccc2c1OCC2N. The van der Waals surface area contributed by atoms with Crippen LogP contribution in [0.3, 0.4) is 0 Å². The number of primary amides is 1. The first-order valence-electron chi connectivity index (χ1n) is 4.15. The molecule has 1 heterocycles. The molecule has 14 heavy (non-hydrogen) atoms. The molecule has 74 valence electrons. The summed E-state index contributed by atoms with van der Waals surface area (Å²) < 4.78 is 5.20. The van der Waals surface area contributed by atoms with Crippen LogP contribution in [0.1, 0.15) is 22.0 Å². The Hall–Kier alpha value is -1.75. The van der Waals surface area contributed by atoms with E-state index in [9.17, 15) is 9.90 Å². The second-order valence-corrected chi connectivity index (χ2v) is 3.16. The number of ether oxygens (including phenoxy) is 1. The highest BCUT2D eigenvalue weighted by molar-refractivity contribution is 5.99. The van der Waals surface area contributed by atoms with Crippen molar-refractivity contribution in [2.45, 2.75) is 6.04 Å². The van der Waals surface area contributed by atoms with Crippen LogP contribution in [-0.2, 0) is 0 Å². The van der Waals surface area contributed by atoms with Crippen molar-refractivity contribution in [3.8, 4) is 11.5 Å².